The molecule has 0 spiro atoms. The highest BCUT2D eigenvalue weighted by Gasteiger charge is 2.10. The van der Waals surface area contributed by atoms with Crippen LogP contribution in [0.15, 0.2) is 12.3 Å². The smallest absolute Gasteiger partial charge is 0.354 e. The Kier molecular flexibility index (Phi) is 4.21. The predicted molar refractivity (Wildman–Crippen MR) is 59.6 cm³/mol. The van der Waals surface area contributed by atoms with Crippen molar-refractivity contribution < 1.29 is 9.53 Å². The van der Waals surface area contributed by atoms with Crippen LogP contribution in [0.3, 0.4) is 0 Å². The summed E-state index contributed by atoms with van der Waals surface area (Å²) >= 11 is 0. The summed E-state index contributed by atoms with van der Waals surface area (Å²) in [5, 5.41) is 0. The number of carbonyl (C=O) groups excluding carboxylic acids is 1. The maximum Gasteiger partial charge on any atom is 0.354 e. The number of anilines is 1. The Morgan fingerprint density at radius 1 is 1.67 bits per heavy atom. The lowest BCUT2D eigenvalue weighted by atomic mass is 10.1. The summed E-state index contributed by atoms with van der Waals surface area (Å²) < 4.78 is 5.13. The lowest BCUT2D eigenvalue weighted by Gasteiger charge is -2.09. The van der Waals surface area contributed by atoms with E-state index < -0.39 is 0 Å². The fourth-order valence-electron chi connectivity index (χ4n) is 1.40. The first-order chi connectivity index (χ1) is 7.13. The zero-order valence-electron chi connectivity index (χ0n) is 9.25. The molecule has 0 aromatic carbocycles. The Morgan fingerprint density at radius 3 is 2.93 bits per heavy atom. The molecule has 1 atom stereocenters. The van der Waals surface area contributed by atoms with E-state index in [4.69, 9.17) is 10.5 Å². The number of H-pyrrole nitrogens is 1. The number of aromatic amines is 1. The number of rotatable bonds is 5. The van der Waals surface area contributed by atoms with Gasteiger partial charge in [-0.25, -0.2) is 4.79 Å². The van der Waals surface area contributed by atoms with Crippen LogP contribution in [0.25, 0.3) is 0 Å². The van der Waals surface area contributed by atoms with Gasteiger partial charge in [-0.15, -0.1) is 0 Å². The van der Waals surface area contributed by atoms with Crippen molar-refractivity contribution in [2.75, 3.05) is 12.3 Å². The van der Waals surface area contributed by atoms with Gasteiger partial charge in [-0.1, -0.05) is 20.3 Å². The molecule has 1 heterocycles. The quantitative estimate of drug-likeness (QED) is 0.732. The van der Waals surface area contributed by atoms with E-state index >= 15 is 0 Å². The van der Waals surface area contributed by atoms with E-state index in [1.165, 1.54) is 0 Å². The van der Waals surface area contributed by atoms with Crippen molar-refractivity contribution in [3.63, 3.8) is 0 Å². The van der Waals surface area contributed by atoms with E-state index in [1.807, 2.05) is 0 Å². The molecule has 1 aromatic rings. The molecule has 1 unspecified atom stereocenters. The predicted octanol–water partition coefficient (Wildman–Crippen LogP) is 2.19. The van der Waals surface area contributed by atoms with Crippen LogP contribution in [0.4, 0.5) is 5.69 Å². The second-order valence-corrected chi connectivity index (χ2v) is 3.84. The average molecular weight is 210 g/mol. The summed E-state index contributed by atoms with van der Waals surface area (Å²) in [6.45, 7) is 4.65. The van der Waals surface area contributed by atoms with Gasteiger partial charge in [0.05, 0.1) is 12.3 Å². The highest BCUT2D eigenvalue weighted by Crippen LogP contribution is 2.09. The van der Waals surface area contributed by atoms with Crippen molar-refractivity contribution in [2.24, 2.45) is 5.92 Å². The molecule has 4 heteroatoms. The molecule has 1 rings (SSSR count). The van der Waals surface area contributed by atoms with Crippen LogP contribution in [-0.4, -0.2) is 17.6 Å². The molecule has 0 aliphatic rings. The van der Waals surface area contributed by atoms with Crippen molar-refractivity contribution in [2.45, 2.75) is 26.7 Å². The number of hydrogen-bond donors (Lipinski definition) is 2. The molecular weight excluding hydrogens is 192 g/mol. The highest BCUT2D eigenvalue weighted by atomic mass is 16.5. The zero-order valence-corrected chi connectivity index (χ0v) is 9.25. The van der Waals surface area contributed by atoms with Gasteiger partial charge < -0.3 is 15.5 Å². The molecule has 0 radical (unpaired) electrons. The molecule has 0 saturated carbocycles. The lowest BCUT2D eigenvalue weighted by molar-refractivity contribution is 0.0437. The Hall–Kier alpha value is -1.45. The molecule has 1 aromatic heterocycles. The van der Waals surface area contributed by atoms with Gasteiger partial charge in [0, 0.05) is 6.20 Å². The number of nitrogen functional groups attached to an aromatic ring is 1. The van der Waals surface area contributed by atoms with Gasteiger partial charge in [-0.05, 0) is 18.4 Å². The minimum atomic E-state index is -0.338. The second kappa shape index (κ2) is 5.44. The summed E-state index contributed by atoms with van der Waals surface area (Å²) in [6, 6.07) is 1.58. The van der Waals surface area contributed by atoms with Crippen molar-refractivity contribution in [3.8, 4) is 0 Å². The summed E-state index contributed by atoms with van der Waals surface area (Å²) in [6.07, 6.45) is 3.75. The lowest BCUT2D eigenvalue weighted by Crippen LogP contribution is -2.12. The molecule has 0 bridgehead atoms. The third-order valence-electron chi connectivity index (χ3n) is 2.21. The fourth-order valence-corrected chi connectivity index (χ4v) is 1.40. The minimum absolute atomic E-state index is 0.338. The van der Waals surface area contributed by atoms with Crippen LogP contribution in [-0.2, 0) is 4.74 Å². The zero-order chi connectivity index (χ0) is 11.3. The van der Waals surface area contributed by atoms with Gasteiger partial charge in [0.1, 0.15) is 5.69 Å². The first kappa shape index (κ1) is 11.6. The fraction of sp³-hybridized carbons (Fsp3) is 0.545. The van der Waals surface area contributed by atoms with Crippen molar-refractivity contribution in [3.05, 3.63) is 18.0 Å². The number of aromatic nitrogens is 1. The Balaban J connectivity index is 2.36. The van der Waals surface area contributed by atoms with Crippen LogP contribution in [0, 0.1) is 5.92 Å². The average Bonchev–Trinajstić information content (AvgIpc) is 2.62. The molecule has 0 fully saturated rings. The second-order valence-electron chi connectivity index (χ2n) is 3.84. The highest BCUT2D eigenvalue weighted by molar-refractivity contribution is 5.88. The monoisotopic (exact) mass is 210 g/mol. The number of ether oxygens (including phenoxy) is 1. The summed E-state index contributed by atoms with van der Waals surface area (Å²) in [7, 11) is 0. The van der Waals surface area contributed by atoms with Crippen LogP contribution >= 0.6 is 0 Å². The molecule has 4 nitrogen and oxygen atoms in total. The van der Waals surface area contributed by atoms with Crippen LogP contribution in [0.2, 0.25) is 0 Å². The van der Waals surface area contributed by atoms with E-state index in [9.17, 15) is 4.79 Å². The summed E-state index contributed by atoms with van der Waals surface area (Å²) in [4.78, 5) is 14.2. The number of nitrogens with two attached hydrogens (primary N) is 1. The Bertz CT molecular complexity index is 320. The Labute approximate surface area is 89.8 Å². The third-order valence-corrected chi connectivity index (χ3v) is 2.21. The van der Waals surface area contributed by atoms with Gasteiger partial charge >= 0.3 is 5.97 Å². The van der Waals surface area contributed by atoms with E-state index in [2.05, 4.69) is 18.8 Å². The molecule has 15 heavy (non-hydrogen) atoms. The molecular formula is C11H18N2O2. The van der Waals surface area contributed by atoms with Gasteiger partial charge in [0.2, 0.25) is 0 Å². The molecule has 84 valence electrons. The minimum Gasteiger partial charge on any atom is -0.461 e. The van der Waals surface area contributed by atoms with Crippen LogP contribution in [0.1, 0.15) is 37.2 Å². The molecule has 3 N–H and O–H groups in total. The molecule has 0 saturated heterocycles. The normalized spacial score (nSPS) is 12.4. The third kappa shape index (κ3) is 3.65. The van der Waals surface area contributed by atoms with Crippen LogP contribution in [0.5, 0.6) is 0 Å². The van der Waals surface area contributed by atoms with E-state index in [0.29, 0.717) is 23.9 Å². The number of esters is 1. The molecule has 0 aliphatic carbocycles. The number of carbonyl (C=O) groups is 1. The van der Waals surface area contributed by atoms with Crippen molar-refractivity contribution in [1.29, 1.82) is 0 Å². The SMILES string of the molecule is CCCC(C)COC(=O)c1cc(N)c[nH]1. The maximum atomic E-state index is 11.5. The van der Waals surface area contributed by atoms with E-state index in [0.717, 1.165) is 12.8 Å². The summed E-state index contributed by atoms with van der Waals surface area (Å²) in [5.41, 5.74) is 6.44. The van der Waals surface area contributed by atoms with Gasteiger partial charge in [0.15, 0.2) is 0 Å². The van der Waals surface area contributed by atoms with E-state index in [1.54, 1.807) is 12.3 Å². The number of hydrogen-bond acceptors (Lipinski definition) is 3. The topological polar surface area (TPSA) is 68.1 Å². The van der Waals surface area contributed by atoms with E-state index in [-0.39, 0.29) is 5.97 Å². The van der Waals surface area contributed by atoms with Gasteiger partial charge in [-0.2, -0.15) is 0 Å². The largest absolute Gasteiger partial charge is 0.461 e. The first-order valence-electron chi connectivity index (χ1n) is 5.24. The first-order valence-corrected chi connectivity index (χ1v) is 5.24. The van der Waals surface area contributed by atoms with Crippen LogP contribution < -0.4 is 5.73 Å². The maximum absolute atomic E-state index is 11.5. The molecule has 0 amide bonds. The standard InChI is InChI=1S/C11H18N2O2/c1-3-4-8(2)7-15-11(14)10-5-9(12)6-13-10/h5-6,8,13H,3-4,7,12H2,1-2H3. The number of nitrogens with one attached hydrogen (secondary N) is 1. The molecule has 0 aliphatic heterocycles. The van der Waals surface area contributed by atoms with Crippen molar-refractivity contribution in [1.82, 2.24) is 4.98 Å². The van der Waals surface area contributed by atoms with Crippen molar-refractivity contribution >= 4 is 11.7 Å². The Morgan fingerprint density at radius 2 is 2.40 bits per heavy atom. The van der Waals surface area contributed by atoms with Gasteiger partial charge in [-0.3, -0.25) is 0 Å². The van der Waals surface area contributed by atoms with Gasteiger partial charge in [0.25, 0.3) is 0 Å². The summed E-state index contributed by atoms with van der Waals surface area (Å²) in [5.74, 6) is 0.0703.